The second-order valence-corrected chi connectivity index (χ2v) is 5.89. The molecule has 114 valence electrons. The van der Waals surface area contributed by atoms with Gasteiger partial charge >= 0.3 is 0 Å². The van der Waals surface area contributed by atoms with Crippen LogP contribution in [0.25, 0.3) is 0 Å². The number of nitrogens with zero attached hydrogens (tertiary/aromatic N) is 1. The average molecular weight is 321 g/mol. The smallest absolute Gasteiger partial charge is 0.269 e. The molecule has 1 amide bonds. The van der Waals surface area contributed by atoms with Crippen LogP contribution >= 0.6 is 0 Å². The molecule has 0 saturated heterocycles. The van der Waals surface area contributed by atoms with Gasteiger partial charge in [0.1, 0.15) is 0 Å². The Morgan fingerprint density at radius 3 is 2.32 bits per heavy atom. The third-order valence-corrected chi connectivity index (χ3v) is 3.67. The van der Waals surface area contributed by atoms with E-state index in [0.717, 1.165) is 0 Å². The highest BCUT2D eigenvalue weighted by atomic mass is 32.2. The Morgan fingerprint density at radius 2 is 1.77 bits per heavy atom. The number of non-ortho nitro benzene ring substituents is 1. The molecule has 0 spiro atoms. The number of amides is 1. The number of nitro benzene ring substituents is 1. The van der Waals surface area contributed by atoms with E-state index in [0.29, 0.717) is 0 Å². The molecule has 0 bridgehead atoms. The van der Waals surface area contributed by atoms with Gasteiger partial charge in [0, 0.05) is 23.4 Å². The summed E-state index contributed by atoms with van der Waals surface area (Å²) in [5.74, 6) is -0.526. The zero-order valence-electron chi connectivity index (χ0n) is 11.1. The standard InChI is InChI=1S/C13H11N3O5S/c14-22(20,21)12-3-1-2-10(8-12)15-13(17)9-4-6-11(7-5-9)16(18)19/h1-8H,(H,15,17)(H2,14,20,21). The number of hydrogen-bond donors (Lipinski definition) is 2. The van der Waals surface area contributed by atoms with Crippen molar-refractivity contribution in [3.63, 3.8) is 0 Å². The molecule has 0 aliphatic rings. The minimum absolute atomic E-state index is 0.131. The summed E-state index contributed by atoms with van der Waals surface area (Å²) in [5, 5.41) is 18.0. The van der Waals surface area contributed by atoms with Crippen molar-refractivity contribution in [2.75, 3.05) is 5.32 Å². The zero-order valence-corrected chi connectivity index (χ0v) is 11.9. The third kappa shape index (κ3) is 3.65. The molecule has 0 saturated carbocycles. The molecular weight excluding hydrogens is 310 g/mol. The third-order valence-electron chi connectivity index (χ3n) is 2.76. The van der Waals surface area contributed by atoms with E-state index < -0.39 is 20.9 Å². The van der Waals surface area contributed by atoms with Gasteiger partial charge in [-0.05, 0) is 30.3 Å². The predicted molar refractivity (Wildman–Crippen MR) is 78.9 cm³/mol. The highest BCUT2D eigenvalue weighted by Gasteiger charge is 2.12. The number of rotatable bonds is 4. The van der Waals surface area contributed by atoms with Crippen molar-refractivity contribution < 1.29 is 18.1 Å². The van der Waals surface area contributed by atoms with Crippen LogP contribution in [-0.4, -0.2) is 19.2 Å². The largest absolute Gasteiger partial charge is 0.322 e. The lowest BCUT2D eigenvalue weighted by Crippen LogP contribution is -2.14. The van der Waals surface area contributed by atoms with Gasteiger partial charge in [-0.2, -0.15) is 0 Å². The van der Waals surface area contributed by atoms with Crippen molar-refractivity contribution in [1.82, 2.24) is 0 Å². The van der Waals surface area contributed by atoms with Crippen LogP contribution in [0.15, 0.2) is 53.4 Å². The van der Waals surface area contributed by atoms with Crippen molar-refractivity contribution in [2.24, 2.45) is 5.14 Å². The summed E-state index contributed by atoms with van der Waals surface area (Å²) >= 11 is 0. The topological polar surface area (TPSA) is 132 Å². The first-order valence-corrected chi connectivity index (χ1v) is 7.51. The summed E-state index contributed by atoms with van der Waals surface area (Å²) in [6, 6.07) is 10.5. The van der Waals surface area contributed by atoms with E-state index in [2.05, 4.69) is 5.32 Å². The van der Waals surface area contributed by atoms with E-state index in [1.807, 2.05) is 0 Å². The lowest BCUT2D eigenvalue weighted by molar-refractivity contribution is -0.384. The lowest BCUT2D eigenvalue weighted by Gasteiger charge is -2.06. The number of nitrogens with two attached hydrogens (primary N) is 1. The molecule has 0 atom stereocenters. The molecule has 0 unspecified atom stereocenters. The van der Waals surface area contributed by atoms with Gasteiger partial charge in [0.05, 0.1) is 9.82 Å². The molecule has 2 aromatic rings. The van der Waals surface area contributed by atoms with Crippen molar-refractivity contribution >= 4 is 27.3 Å². The van der Waals surface area contributed by atoms with Crippen LogP contribution in [0.2, 0.25) is 0 Å². The molecule has 2 aromatic carbocycles. The fraction of sp³-hybridized carbons (Fsp3) is 0. The molecule has 0 heterocycles. The first-order valence-electron chi connectivity index (χ1n) is 5.96. The van der Waals surface area contributed by atoms with E-state index in [4.69, 9.17) is 5.14 Å². The summed E-state index contributed by atoms with van der Waals surface area (Å²) in [7, 11) is -3.87. The van der Waals surface area contributed by atoms with Crippen LogP contribution in [-0.2, 0) is 10.0 Å². The Hall–Kier alpha value is -2.78. The summed E-state index contributed by atoms with van der Waals surface area (Å²) in [5.41, 5.74) is 0.314. The SMILES string of the molecule is NS(=O)(=O)c1cccc(NC(=O)c2ccc([N+](=O)[O-])cc2)c1. The fourth-order valence-electron chi connectivity index (χ4n) is 1.69. The first-order chi connectivity index (χ1) is 10.3. The van der Waals surface area contributed by atoms with Crippen molar-refractivity contribution in [3.8, 4) is 0 Å². The Bertz CT molecular complexity index is 831. The van der Waals surface area contributed by atoms with Crippen LogP contribution in [0, 0.1) is 10.1 Å². The van der Waals surface area contributed by atoms with Crippen molar-refractivity contribution in [3.05, 3.63) is 64.2 Å². The number of carbonyl (C=O) groups is 1. The molecule has 0 fully saturated rings. The molecule has 8 nitrogen and oxygen atoms in total. The minimum atomic E-state index is -3.87. The van der Waals surface area contributed by atoms with Gasteiger partial charge in [0.25, 0.3) is 11.6 Å². The first kappa shape index (κ1) is 15.6. The maximum atomic E-state index is 12.0. The maximum Gasteiger partial charge on any atom is 0.269 e. The molecule has 0 aliphatic carbocycles. The number of anilines is 1. The average Bonchev–Trinajstić information content (AvgIpc) is 2.46. The lowest BCUT2D eigenvalue weighted by atomic mass is 10.2. The monoisotopic (exact) mass is 321 g/mol. The quantitative estimate of drug-likeness (QED) is 0.650. The van der Waals surface area contributed by atoms with Gasteiger partial charge in [0.15, 0.2) is 0 Å². The number of nitro groups is 1. The fourth-order valence-corrected chi connectivity index (χ4v) is 2.25. The van der Waals surface area contributed by atoms with Gasteiger partial charge in [-0.3, -0.25) is 14.9 Å². The number of nitrogens with one attached hydrogen (secondary N) is 1. The van der Waals surface area contributed by atoms with Crippen LogP contribution in [0.1, 0.15) is 10.4 Å². The second kappa shape index (κ2) is 5.92. The highest BCUT2D eigenvalue weighted by molar-refractivity contribution is 7.89. The number of primary sulfonamides is 1. The van der Waals surface area contributed by atoms with Gasteiger partial charge in [0.2, 0.25) is 10.0 Å². The number of hydrogen-bond acceptors (Lipinski definition) is 5. The predicted octanol–water partition coefficient (Wildman–Crippen LogP) is 1.49. The van der Waals surface area contributed by atoms with Crippen LogP contribution in [0.5, 0.6) is 0 Å². The van der Waals surface area contributed by atoms with E-state index in [1.165, 1.54) is 48.5 Å². The Balaban J connectivity index is 2.20. The summed E-state index contributed by atoms with van der Waals surface area (Å²) in [6.07, 6.45) is 0. The Labute approximate surface area is 125 Å². The van der Waals surface area contributed by atoms with E-state index in [-0.39, 0.29) is 21.8 Å². The summed E-state index contributed by atoms with van der Waals surface area (Å²) in [4.78, 5) is 21.8. The van der Waals surface area contributed by atoms with Gasteiger partial charge in [-0.25, -0.2) is 13.6 Å². The second-order valence-electron chi connectivity index (χ2n) is 4.33. The zero-order chi connectivity index (χ0) is 16.3. The van der Waals surface area contributed by atoms with Crippen LogP contribution in [0.4, 0.5) is 11.4 Å². The minimum Gasteiger partial charge on any atom is -0.322 e. The molecule has 3 N–H and O–H groups in total. The van der Waals surface area contributed by atoms with Gasteiger partial charge in [-0.15, -0.1) is 0 Å². The molecular formula is C13H11N3O5S. The summed E-state index contributed by atoms with van der Waals surface area (Å²) < 4.78 is 22.5. The number of sulfonamides is 1. The normalized spacial score (nSPS) is 11.0. The Kier molecular flexibility index (Phi) is 4.20. The van der Waals surface area contributed by atoms with Crippen molar-refractivity contribution in [2.45, 2.75) is 4.90 Å². The molecule has 0 radical (unpaired) electrons. The molecule has 0 aromatic heterocycles. The number of benzene rings is 2. The van der Waals surface area contributed by atoms with Crippen LogP contribution < -0.4 is 10.5 Å². The van der Waals surface area contributed by atoms with E-state index in [9.17, 15) is 23.3 Å². The molecule has 2 rings (SSSR count). The molecule has 22 heavy (non-hydrogen) atoms. The molecule has 0 aliphatic heterocycles. The summed E-state index contributed by atoms with van der Waals surface area (Å²) in [6.45, 7) is 0. The highest BCUT2D eigenvalue weighted by Crippen LogP contribution is 2.16. The molecule has 9 heteroatoms. The van der Waals surface area contributed by atoms with Crippen LogP contribution in [0.3, 0.4) is 0 Å². The Morgan fingerprint density at radius 1 is 1.14 bits per heavy atom. The van der Waals surface area contributed by atoms with E-state index >= 15 is 0 Å². The maximum absolute atomic E-state index is 12.0. The van der Waals surface area contributed by atoms with Gasteiger partial charge in [-0.1, -0.05) is 6.07 Å². The number of carbonyl (C=O) groups excluding carboxylic acids is 1. The van der Waals surface area contributed by atoms with E-state index in [1.54, 1.807) is 0 Å². The van der Waals surface area contributed by atoms with Crippen molar-refractivity contribution in [1.29, 1.82) is 0 Å². The van der Waals surface area contributed by atoms with Gasteiger partial charge < -0.3 is 5.32 Å².